The van der Waals surface area contributed by atoms with Crippen molar-refractivity contribution in [3.05, 3.63) is 23.2 Å². The standard InChI is InChI=1S/C7H8ClNO2S/c1-12(10,11)6-4-2-3-5(8)7(6)9/h2-4H,9H2,1H3. The molecule has 3 nitrogen and oxygen atoms in total. The van der Waals surface area contributed by atoms with Gasteiger partial charge in [-0.25, -0.2) is 8.42 Å². The summed E-state index contributed by atoms with van der Waals surface area (Å²) >= 11 is 5.63. The van der Waals surface area contributed by atoms with E-state index in [0.29, 0.717) is 0 Å². The molecule has 0 saturated heterocycles. The number of halogens is 1. The van der Waals surface area contributed by atoms with Gasteiger partial charge >= 0.3 is 0 Å². The quantitative estimate of drug-likeness (QED) is 0.704. The van der Waals surface area contributed by atoms with Crippen LogP contribution in [-0.2, 0) is 9.84 Å². The fourth-order valence-electron chi connectivity index (χ4n) is 0.841. The Labute approximate surface area is 76.1 Å². The molecule has 0 radical (unpaired) electrons. The Morgan fingerprint density at radius 2 is 2.00 bits per heavy atom. The topological polar surface area (TPSA) is 60.2 Å². The van der Waals surface area contributed by atoms with E-state index < -0.39 is 9.84 Å². The highest BCUT2D eigenvalue weighted by Crippen LogP contribution is 2.25. The highest BCUT2D eigenvalue weighted by Gasteiger charge is 2.12. The molecule has 1 aromatic carbocycles. The van der Waals surface area contributed by atoms with Crippen LogP contribution in [-0.4, -0.2) is 14.7 Å². The summed E-state index contributed by atoms with van der Waals surface area (Å²) in [6, 6.07) is 4.52. The molecule has 0 aliphatic carbocycles. The molecule has 2 N–H and O–H groups in total. The van der Waals surface area contributed by atoms with Gasteiger partial charge in [-0.2, -0.15) is 0 Å². The van der Waals surface area contributed by atoms with E-state index >= 15 is 0 Å². The van der Waals surface area contributed by atoms with E-state index in [9.17, 15) is 8.42 Å². The molecule has 0 saturated carbocycles. The second-order valence-electron chi connectivity index (χ2n) is 2.42. The third-order valence-corrected chi connectivity index (χ3v) is 2.90. The van der Waals surface area contributed by atoms with Gasteiger partial charge in [-0.15, -0.1) is 0 Å². The molecule has 5 heteroatoms. The second-order valence-corrected chi connectivity index (χ2v) is 4.82. The third kappa shape index (κ3) is 1.70. The molecular weight excluding hydrogens is 198 g/mol. The van der Waals surface area contributed by atoms with Crippen molar-refractivity contribution in [3.8, 4) is 0 Å². The first-order chi connectivity index (χ1) is 5.43. The summed E-state index contributed by atoms with van der Waals surface area (Å²) in [5.41, 5.74) is 5.57. The van der Waals surface area contributed by atoms with Crippen molar-refractivity contribution < 1.29 is 8.42 Å². The Balaban J connectivity index is 3.47. The highest BCUT2D eigenvalue weighted by molar-refractivity contribution is 7.90. The van der Waals surface area contributed by atoms with Crippen molar-refractivity contribution in [1.82, 2.24) is 0 Å². The number of nitrogen functional groups attached to an aromatic ring is 1. The predicted octanol–water partition coefficient (Wildman–Crippen LogP) is 1.33. The van der Waals surface area contributed by atoms with Crippen molar-refractivity contribution in [2.75, 3.05) is 12.0 Å². The van der Waals surface area contributed by atoms with Gasteiger partial charge in [0.05, 0.1) is 15.6 Å². The van der Waals surface area contributed by atoms with Crippen molar-refractivity contribution in [2.45, 2.75) is 4.90 Å². The second kappa shape index (κ2) is 2.95. The van der Waals surface area contributed by atoms with Gasteiger partial charge in [0.25, 0.3) is 0 Å². The monoisotopic (exact) mass is 205 g/mol. The first-order valence-corrected chi connectivity index (χ1v) is 5.44. The molecule has 1 rings (SSSR count). The summed E-state index contributed by atoms with van der Waals surface area (Å²) in [4.78, 5) is 0.0787. The summed E-state index contributed by atoms with van der Waals surface area (Å²) in [6.45, 7) is 0. The van der Waals surface area contributed by atoms with Crippen molar-refractivity contribution in [3.63, 3.8) is 0 Å². The van der Waals surface area contributed by atoms with Crippen molar-refractivity contribution in [2.24, 2.45) is 0 Å². The van der Waals surface area contributed by atoms with Crippen molar-refractivity contribution >= 4 is 27.1 Å². The van der Waals surface area contributed by atoms with Gasteiger partial charge in [0, 0.05) is 6.26 Å². The first kappa shape index (κ1) is 9.35. The summed E-state index contributed by atoms with van der Waals surface area (Å²) in [7, 11) is -3.27. The maximum atomic E-state index is 11.1. The van der Waals surface area contributed by atoms with Crippen LogP contribution in [0.2, 0.25) is 5.02 Å². The predicted molar refractivity (Wildman–Crippen MR) is 49.0 cm³/mol. The number of hydrogen-bond acceptors (Lipinski definition) is 3. The van der Waals surface area contributed by atoms with E-state index in [1.807, 2.05) is 0 Å². The number of nitrogens with two attached hydrogens (primary N) is 1. The zero-order chi connectivity index (χ0) is 9.35. The molecule has 0 heterocycles. The van der Waals surface area contributed by atoms with Crippen LogP contribution in [0.1, 0.15) is 0 Å². The number of hydrogen-bond donors (Lipinski definition) is 1. The zero-order valence-electron chi connectivity index (χ0n) is 6.41. The lowest BCUT2D eigenvalue weighted by Crippen LogP contribution is -2.02. The van der Waals surface area contributed by atoms with Crippen LogP contribution in [0.25, 0.3) is 0 Å². The average molecular weight is 206 g/mol. The Bertz CT molecular complexity index is 400. The summed E-state index contributed by atoms with van der Waals surface area (Å²) in [5.74, 6) is 0. The Kier molecular flexibility index (Phi) is 2.30. The lowest BCUT2D eigenvalue weighted by Gasteiger charge is -2.03. The fourth-order valence-corrected chi connectivity index (χ4v) is 1.91. The van der Waals surface area contributed by atoms with E-state index in [1.54, 1.807) is 12.1 Å². The minimum Gasteiger partial charge on any atom is -0.396 e. The number of anilines is 1. The Morgan fingerprint density at radius 3 is 2.42 bits per heavy atom. The molecule has 0 unspecified atom stereocenters. The van der Waals surface area contributed by atoms with E-state index in [2.05, 4.69) is 0 Å². The lowest BCUT2D eigenvalue weighted by molar-refractivity contribution is 0.602. The maximum absolute atomic E-state index is 11.1. The SMILES string of the molecule is CS(=O)(=O)c1cccc(Cl)c1N. The van der Waals surface area contributed by atoms with Gasteiger partial charge in [-0.3, -0.25) is 0 Å². The van der Waals surface area contributed by atoms with E-state index in [4.69, 9.17) is 17.3 Å². The minimum atomic E-state index is -3.27. The zero-order valence-corrected chi connectivity index (χ0v) is 7.98. The van der Waals surface area contributed by atoms with Gasteiger partial charge in [0.1, 0.15) is 0 Å². The van der Waals surface area contributed by atoms with Crippen molar-refractivity contribution in [1.29, 1.82) is 0 Å². The van der Waals surface area contributed by atoms with Crippen LogP contribution in [0, 0.1) is 0 Å². The molecule has 0 fully saturated rings. The molecule has 0 aromatic heterocycles. The fraction of sp³-hybridized carbons (Fsp3) is 0.143. The van der Waals surface area contributed by atoms with E-state index in [0.717, 1.165) is 6.26 Å². The van der Waals surface area contributed by atoms with Crippen LogP contribution >= 0.6 is 11.6 Å². The minimum absolute atomic E-state index is 0.0787. The number of benzene rings is 1. The molecule has 12 heavy (non-hydrogen) atoms. The van der Waals surface area contributed by atoms with E-state index in [-0.39, 0.29) is 15.6 Å². The van der Waals surface area contributed by atoms with Crippen LogP contribution in [0.4, 0.5) is 5.69 Å². The lowest BCUT2D eigenvalue weighted by atomic mass is 10.3. The molecule has 0 aliphatic heterocycles. The van der Waals surface area contributed by atoms with Gasteiger partial charge in [-0.05, 0) is 12.1 Å². The molecule has 0 atom stereocenters. The molecule has 66 valence electrons. The molecule has 0 bridgehead atoms. The number of sulfone groups is 1. The molecule has 1 aromatic rings. The van der Waals surface area contributed by atoms with Crippen LogP contribution < -0.4 is 5.73 Å². The van der Waals surface area contributed by atoms with Crippen LogP contribution in [0.3, 0.4) is 0 Å². The normalized spacial score (nSPS) is 11.5. The van der Waals surface area contributed by atoms with Gasteiger partial charge in [0.2, 0.25) is 0 Å². The van der Waals surface area contributed by atoms with E-state index in [1.165, 1.54) is 6.07 Å². The number of para-hydroxylation sites is 1. The summed E-state index contributed by atoms with van der Waals surface area (Å²) in [5, 5.41) is 0.262. The highest BCUT2D eigenvalue weighted by atomic mass is 35.5. The van der Waals surface area contributed by atoms with Crippen LogP contribution in [0.15, 0.2) is 23.1 Å². The largest absolute Gasteiger partial charge is 0.396 e. The number of rotatable bonds is 1. The van der Waals surface area contributed by atoms with Gasteiger partial charge < -0.3 is 5.73 Å². The molecule has 0 aliphatic rings. The smallest absolute Gasteiger partial charge is 0.177 e. The molecule has 0 amide bonds. The van der Waals surface area contributed by atoms with Gasteiger partial charge in [0.15, 0.2) is 9.84 Å². The maximum Gasteiger partial charge on any atom is 0.177 e. The third-order valence-electron chi connectivity index (χ3n) is 1.41. The Hall–Kier alpha value is -0.740. The first-order valence-electron chi connectivity index (χ1n) is 3.17. The van der Waals surface area contributed by atoms with Crippen LogP contribution in [0.5, 0.6) is 0 Å². The molecular formula is C7H8ClNO2S. The Morgan fingerprint density at radius 1 is 1.42 bits per heavy atom. The summed E-state index contributed by atoms with van der Waals surface area (Å²) in [6.07, 6.45) is 1.09. The molecule has 0 spiro atoms. The average Bonchev–Trinajstić information content (AvgIpc) is 1.92. The van der Waals surface area contributed by atoms with Gasteiger partial charge in [-0.1, -0.05) is 17.7 Å². The summed E-state index contributed by atoms with van der Waals surface area (Å²) < 4.78 is 22.1.